The minimum Gasteiger partial charge on any atom is -0.389 e. The first-order valence-electron chi connectivity index (χ1n) is 7.16. The van der Waals surface area contributed by atoms with Gasteiger partial charge < -0.3 is 11.1 Å². The molecule has 1 aromatic rings. The monoisotopic (exact) mass is 292 g/mol. The summed E-state index contributed by atoms with van der Waals surface area (Å²) < 4.78 is 0. The Balaban J connectivity index is 2.55. The van der Waals surface area contributed by atoms with Gasteiger partial charge in [0.1, 0.15) is 4.99 Å². The molecule has 0 aliphatic heterocycles. The maximum Gasteiger partial charge on any atom is 0.224 e. The number of hydrogen-bond acceptors (Lipinski definition) is 2. The Morgan fingerprint density at radius 3 is 2.25 bits per heavy atom. The molecule has 4 heteroatoms. The molecule has 0 radical (unpaired) electrons. The van der Waals surface area contributed by atoms with Crippen molar-refractivity contribution >= 4 is 23.1 Å². The van der Waals surface area contributed by atoms with Gasteiger partial charge in [-0.05, 0) is 18.4 Å². The van der Waals surface area contributed by atoms with Gasteiger partial charge in [-0.25, -0.2) is 0 Å². The molecule has 3 N–H and O–H groups in total. The summed E-state index contributed by atoms with van der Waals surface area (Å²) >= 11 is 4.90. The van der Waals surface area contributed by atoms with E-state index in [1.165, 1.54) is 0 Å². The van der Waals surface area contributed by atoms with E-state index in [0.717, 1.165) is 24.0 Å². The number of rotatable bonds is 7. The number of nitrogens with two attached hydrogens (primary N) is 1. The Bertz CT molecular complexity index is 452. The molecule has 1 rings (SSSR count). The minimum atomic E-state index is 0.0625. The number of carbonyl (C=O) groups is 1. The van der Waals surface area contributed by atoms with Gasteiger partial charge >= 0.3 is 0 Å². The van der Waals surface area contributed by atoms with E-state index in [0.29, 0.717) is 17.3 Å². The predicted molar refractivity (Wildman–Crippen MR) is 87.7 cm³/mol. The quantitative estimate of drug-likeness (QED) is 0.760. The zero-order chi connectivity index (χ0) is 15.1. The molecule has 1 atom stereocenters. The van der Waals surface area contributed by atoms with Crippen LogP contribution in [0.2, 0.25) is 0 Å². The molecule has 3 nitrogen and oxygen atoms in total. The lowest BCUT2D eigenvalue weighted by molar-refractivity contribution is -0.121. The average molecular weight is 292 g/mol. The molecule has 0 heterocycles. The van der Waals surface area contributed by atoms with E-state index in [2.05, 4.69) is 26.1 Å². The first kappa shape index (κ1) is 16.6. The van der Waals surface area contributed by atoms with Gasteiger partial charge in [0.05, 0.1) is 6.42 Å². The van der Waals surface area contributed by atoms with Crippen LogP contribution in [0.1, 0.15) is 44.7 Å². The molecule has 0 spiro atoms. The van der Waals surface area contributed by atoms with Crippen molar-refractivity contribution in [2.75, 3.05) is 0 Å². The predicted octanol–water partition coefficient (Wildman–Crippen LogP) is 2.80. The largest absolute Gasteiger partial charge is 0.389 e. The lowest BCUT2D eigenvalue weighted by Crippen LogP contribution is -2.38. The highest BCUT2D eigenvalue weighted by Crippen LogP contribution is 2.13. The van der Waals surface area contributed by atoms with Gasteiger partial charge in [-0.3, -0.25) is 4.79 Å². The molecule has 0 aliphatic carbocycles. The third kappa shape index (κ3) is 4.93. The molecular formula is C16H24N2OS. The molecule has 0 bridgehead atoms. The average Bonchev–Trinajstić information content (AvgIpc) is 2.40. The van der Waals surface area contributed by atoms with Crippen LogP contribution in [-0.2, 0) is 11.2 Å². The fourth-order valence-electron chi connectivity index (χ4n) is 2.39. The topological polar surface area (TPSA) is 55.1 Å². The molecule has 1 aromatic carbocycles. The molecule has 0 aromatic heterocycles. The molecule has 1 amide bonds. The van der Waals surface area contributed by atoms with Crippen LogP contribution < -0.4 is 11.1 Å². The minimum absolute atomic E-state index is 0.0625. The summed E-state index contributed by atoms with van der Waals surface area (Å²) in [7, 11) is 0. The summed E-state index contributed by atoms with van der Waals surface area (Å²) in [6, 6.07) is 7.73. The number of benzene rings is 1. The molecule has 1 unspecified atom stereocenters. The zero-order valence-electron chi connectivity index (χ0n) is 12.5. The van der Waals surface area contributed by atoms with Crippen LogP contribution in [0.3, 0.4) is 0 Å². The van der Waals surface area contributed by atoms with E-state index in [4.69, 9.17) is 18.0 Å². The van der Waals surface area contributed by atoms with Crippen molar-refractivity contribution in [2.45, 2.75) is 46.1 Å². The van der Waals surface area contributed by atoms with E-state index >= 15 is 0 Å². The van der Waals surface area contributed by atoms with E-state index < -0.39 is 0 Å². The number of amides is 1. The van der Waals surface area contributed by atoms with Crippen molar-refractivity contribution in [2.24, 2.45) is 11.7 Å². The van der Waals surface area contributed by atoms with Gasteiger partial charge in [0.2, 0.25) is 5.91 Å². The summed E-state index contributed by atoms with van der Waals surface area (Å²) in [5.74, 6) is 0.600. The van der Waals surface area contributed by atoms with Crippen LogP contribution in [0.15, 0.2) is 24.3 Å². The van der Waals surface area contributed by atoms with Crippen molar-refractivity contribution in [3.63, 3.8) is 0 Å². The van der Waals surface area contributed by atoms with E-state index in [-0.39, 0.29) is 11.9 Å². The SMILES string of the molecule is CCC(CC)C(C)NC(=O)Cc1ccc(C(N)=S)cc1. The standard InChI is InChI=1S/C16H24N2OS/c1-4-13(5-2)11(3)18-15(19)10-12-6-8-14(9-7-12)16(17)20/h6-9,11,13H,4-5,10H2,1-3H3,(H2,17,20)(H,18,19). The van der Waals surface area contributed by atoms with Gasteiger partial charge in [-0.1, -0.05) is 63.2 Å². The van der Waals surface area contributed by atoms with Crippen molar-refractivity contribution < 1.29 is 4.79 Å². The molecule has 110 valence electrons. The van der Waals surface area contributed by atoms with Crippen molar-refractivity contribution in [3.8, 4) is 0 Å². The summed E-state index contributed by atoms with van der Waals surface area (Å²) in [6.45, 7) is 6.39. The van der Waals surface area contributed by atoms with Gasteiger partial charge in [-0.15, -0.1) is 0 Å². The van der Waals surface area contributed by atoms with Crippen LogP contribution in [0.25, 0.3) is 0 Å². The fraction of sp³-hybridized carbons (Fsp3) is 0.500. The second-order valence-electron chi connectivity index (χ2n) is 5.17. The van der Waals surface area contributed by atoms with Crippen molar-refractivity contribution in [1.82, 2.24) is 5.32 Å². The summed E-state index contributed by atoms with van der Waals surface area (Å²) in [4.78, 5) is 12.4. The van der Waals surface area contributed by atoms with Crippen LogP contribution in [0, 0.1) is 5.92 Å². The second kappa shape index (κ2) is 8.00. The molecule has 0 saturated heterocycles. The lowest BCUT2D eigenvalue weighted by atomic mass is 9.95. The highest BCUT2D eigenvalue weighted by Gasteiger charge is 2.15. The normalized spacial score (nSPS) is 12.2. The summed E-state index contributed by atoms with van der Waals surface area (Å²) in [5.41, 5.74) is 7.35. The van der Waals surface area contributed by atoms with E-state index in [9.17, 15) is 4.79 Å². The molecular weight excluding hydrogens is 268 g/mol. The molecule has 0 aliphatic rings. The zero-order valence-corrected chi connectivity index (χ0v) is 13.3. The van der Waals surface area contributed by atoms with Crippen LogP contribution in [0.4, 0.5) is 0 Å². The van der Waals surface area contributed by atoms with Crippen molar-refractivity contribution in [3.05, 3.63) is 35.4 Å². The highest BCUT2D eigenvalue weighted by molar-refractivity contribution is 7.80. The van der Waals surface area contributed by atoms with Gasteiger partial charge in [-0.2, -0.15) is 0 Å². The number of hydrogen-bond donors (Lipinski definition) is 2. The smallest absolute Gasteiger partial charge is 0.224 e. The highest BCUT2D eigenvalue weighted by atomic mass is 32.1. The Morgan fingerprint density at radius 2 is 1.80 bits per heavy atom. The fourth-order valence-corrected chi connectivity index (χ4v) is 2.53. The molecule has 0 fully saturated rings. The van der Waals surface area contributed by atoms with Crippen LogP contribution in [-0.4, -0.2) is 16.9 Å². The Labute approximate surface area is 126 Å². The van der Waals surface area contributed by atoms with Gasteiger partial charge in [0.25, 0.3) is 0 Å². The Morgan fingerprint density at radius 1 is 1.25 bits per heavy atom. The van der Waals surface area contributed by atoms with Crippen LogP contribution >= 0.6 is 12.2 Å². The number of carbonyl (C=O) groups excluding carboxylic acids is 1. The lowest BCUT2D eigenvalue weighted by Gasteiger charge is -2.22. The van der Waals surface area contributed by atoms with E-state index in [1.807, 2.05) is 24.3 Å². The third-order valence-electron chi connectivity index (χ3n) is 3.75. The van der Waals surface area contributed by atoms with Gasteiger partial charge in [0, 0.05) is 11.6 Å². The summed E-state index contributed by atoms with van der Waals surface area (Å²) in [5, 5.41) is 3.08. The van der Waals surface area contributed by atoms with Crippen LogP contribution in [0.5, 0.6) is 0 Å². The molecule has 20 heavy (non-hydrogen) atoms. The third-order valence-corrected chi connectivity index (χ3v) is 3.98. The summed E-state index contributed by atoms with van der Waals surface area (Å²) in [6.07, 6.45) is 2.56. The molecule has 0 saturated carbocycles. The Hall–Kier alpha value is -1.42. The second-order valence-corrected chi connectivity index (χ2v) is 5.61. The first-order chi connectivity index (χ1) is 9.47. The number of thiocarbonyl (C=S) groups is 1. The Kier molecular flexibility index (Phi) is 6.65. The first-order valence-corrected chi connectivity index (χ1v) is 7.56. The maximum absolute atomic E-state index is 12.0. The van der Waals surface area contributed by atoms with Crippen molar-refractivity contribution in [1.29, 1.82) is 0 Å². The van der Waals surface area contributed by atoms with E-state index in [1.54, 1.807) is 0 Å². The van der Waals surface area contributed by atoms with Gasteiger partial charge in [0.15, 0.2) is 0 Å². The number of nitrogens with one attached hydrogen (secondary N) is 1. The maximum atomic E-state index is 12.0.